The van der Waals surface area contributed by atoms with Crippen molar-refractivity contribution in [1.29, 1.82) is 0 Å². The maximum absolute atomic E-state index is 9.78. The molecule has 106 valence electrons. The van der Waals surface area contributed by atoms with Gasteiger partial charge in [-0.25, -0.2) is 0 Å². The minimum absolute atomic E-state index is 0.0713. The number of aliphatic hydroxyl groups excluding tert-OH is 1. The van der Waals surface area contributed by atoms with Crippen LogP contribution in [0.25, 0.3) is 0 Å². The molecule has 1 unspecified atom stereocenters. The van der Waals surface area contributed by atoms with Crippen molar-refractivity contribution < 1.29 is 5.11 Å². The first kappa shape index (κ1) is 14.3. The van der Waals surface area contributed by atoms with Crippen LogP contribution in [0.4, 0.5) is 0 Å². The Kier molecular flexibility index (Phi) is 4.64. The van der Waals surface area contributed by atoms with Crippen LogP contribution < -0.4 is 5.32 Å². The van der Waals surface area contributed by atoms with Crippen LogP contribution in [0, 0.1) is 5.92 Å². The molecule has 1 saturated heterocycles. The van der Waals surface area contributed by atoms with Crippen LogP contribution >= 0.6 is 0 Å². The molecule has 2 rings (SSSR count). The van der Waals surface area contributed by atoms with Crippen molar-refractivity contribution in [2.45, 2.75) is 37.3 Å². The molecule has 1 aliphatic carbocycles. The van der Waals surface area contributed by atoms with Crippen molar-refractivity contribution in [2.75, 3.05) is 47.4 Å². The predicted molar refractivity (Wildman–Crippen MR) is 74.7 cm³/mol. The highest BCUT2D eigenvalue weighted by Crippen LogP contribution is 2.40. The fourth-order valence-corrected chi connectivity index (χ4v) is 3.32. The molecule has 2 fully saturated rings. The molecule has 1 aliphatic heterocycles. The SMILES string of the molecule is CNC(CO)(CN(C)C1CCN(C)CC1)C1CC1. The van der Waals surface area contributed by atoms with Crippen LogP contribution in [0.15, 0.2) is 0 Å². The molecule has 4 heteroatoms. The van der Waals surface area contributed by atoms with Crippen molar-refractivity contribution in [3.63, 3.8) is 0 Å². The van der Waals surface area contributed by atoms with E-state index < -0.39 is 0 Å². The first-order valence-corrected chi connectivity index (χ1v) is 7.30. The van der Waals surface area contributed by atoms with E-state index in [4.69, 9.17) is 0 Å². The minimum Gasteiger partial charge on any atom is -0.394 e. The summed E-state index contributed by atoms with van der Waals surface area (Å²) in [6, 6.07) is 0.680. The normalized spacial score (nSPS) is 26.5. The molecule has 1 saturated carbocycles. The molecule has 4 nitrogen and oxygen atoms in total. The van der Waals surface area contributed by atoms with Crippen molar-refractivity contribution in [2.24, 2.45) is 5.92 Å². The van der Waals surface area contributed by atoms with E-state index in [1.54, 1.807) is 0 Å². The fraction of sp³-hybridized carbons (Fsp3) is 1.00. The summed E-state index contributed by atoms with van der Waals surface area (Å²) in [5.74, 6) is 0.668. The molecule has 0 radical (unpaired) electrons. The lowest BCUT2D eigenvalue weighted by molar-refractivity contribution is 0.0693. The Balaban J connectivity index is 1.90. The second-order valence-corrected chi connectivity index (χ2v) is 6.29. The Hall–Kier alpha value is -0.160. The van der Waals surface area contributed by atoms with E-state index in [9.17, 15) is 5.11 Å². The van der Waals surface area contributed by atoms with Crippen LogP contribution in [0.3, 0.4) is 0 Å². The number of nitrogens with one attached hydrogen (secondary N) is 1. The Labute approximate surface area is 111 Å². The predicted octanol–water partition coefficient (Wildman–Crippen LogP) is 0.373. The number of hydrogen-bond donors (Lipinski definition) is 2. The summed E-state index contributed by atoms with van der Waals surface area (Å²) in [7, 11) is 6.42. The zero-order valence-corrected chi connectivity index (χ0v) is 12.2. The Morgan fingerprint density at radius 3 is 2.33 bits per heavy atom. The zero-order chi connectivity index (χ0) is 13.2. The molecular weight excluding hydrogens is 226 g/mol. The highest BCUT2D eigenvalue weighted by Gasteiger charge is 2.45. The number of hydrogen-bond acceptors (Lipinski definition) is 4. The molecule has 0 amide bonds. The van der Waals surface area contributed by atoms with Crippen LogP contribution in [0.5, 0.6) is 0 Å². The number of rotatable bonds is 6. The van der Waals surface area contributed by atoms with Crippen LogP contribution in [-0.4, -0.2) is 73.9 Å². The summed E-state index contributed by atoms with van der Waals surface area (Å²) in [6.45, 7) is 3.62. The summed E-state index contributed by atoms with van der Waals surface area (Å²) in [5, 5.41) is 13.2. The first-order valence-electron chi connectivity index (χ1n) is 7.30. The van der Waals surface area contributed by atoms with Gasteiger partial charge in [0.2, 0.25) is 0 Å². The van der Waals surface area contributed by atoms with Gasteiger partial charge in [0.1, 0.15) is 0 Å². The molecule has 2 N–H and O–H groups in total. The van der Waals surface area contributed by atoms with Gasteiger partial charge in [0.05, 0.1) is 12.1 Å². The standard InChI is InChI=1S/C14H29N3O/c1-15-14(11-18,12-4-5-12)10-17(3)13-6-8-16(2)9-7-13/h12-13,15,18H,4-11H2,1-3H3. The molecule has 1 atom stereocenters. The van der Waals surface area contributed by atoms with Crippen LogP contribution in [-0.2, 0) is 0 Å². The van der Waals surface area contributed by atoms with E-state index in [2.05, 4.69) is 29.2 Å². The molecule has 0 aromatic rings. The van der Waals surface area contributed by atoms with Crippen molar-refractivity contribution >= 4 is 0 Å². The Morgan fingerprint density at radius 1 is 1.28 bits per heavy atom. The van der Waals surface area contributed by atoms with Gasteiger partial charge in [0.15, 0.2) is 0 Å². The highest BCUT2D eigenvalue weighted by atomic mass is 16.3. The molecule has 0 spiro atoms. The quantitative estimate of drug-likeness (QED) is 0.719. The summed E-state index contributed by atoms with van der Waals surface area (Å²) in [6.07, 6.45) is 5.04. The van der Waals surface area contributed by atoms with Gasteiger partial charge in [0.25, 0.3) is 0 Å². The highest BCUT2D eigenvalue weighted by molar-refractivity contribution is 5.02. The molecule has 2 aliphatic rings. The summed E-state index contributed by atoms with van der Waals surface area (Å²) in [4.78, 5) is 4.88. The smallest absolute Gasteiger partial charge is 0.0628 e. The van der Waals surface area contributed by atoms with E-state index in [-0.39, 0.29) is 12.1 Å². The Bertz CT molecular complexity index is 256. The summed E-state index contributed by atoms with van der Waals surface area (Å²) < 4.78 is 0. The van der Waals surface area contributed by atoms with Gasteiger partial charge in [-0.15, -0.1) is 0 Å². The van der Waals surface area contributed by atoms with Crippen molar-refractivity contribution in [3.8, 4) is 0 Å². The van der Waals surface area contributed by atoms with Gasteiger partial charge >= 0.3 is 0 Å². The van der Waals surface area contributed by atoms with Gasteiger partial charge in [-0.05, 0) is 65.8 Å². The van der Waals surface area contributed by atoms with Crippen molar-refractivity contribution in [1.82, 2.24) is 15.1 Å². The third-order valence-corrected chi connectivity index (χ3v) is 4.98. The molecule has 1 heterocycles. The second kappa shape index (κ2) is 5.87. The van der Waals surface area contributed by atoms with E-state index in [1.807, 2.05) is 7.05 Å². The average molecular weight is 255 g/mol. The average Bonchev–Trinajstić information content (AvgIpc) is 3.21. The molecule has 0 aromatic carbocycles. The second-order valence-electron chi connectivity index (χ2n) is 6.29. The van der Waals surface area contributed by atoms with Gasteiger partial charge in [-0.1, -0.05) is 0 Å². The third kappa shape index (κ3) is 3.05. The largest absolute Gasteiger partial charge is 0.394 e. The minimum atomic E-state index is -0.0713. The lowest BCUT2D eigenvalue weighted by Gasteiger charge is -2.41. The van der Waals surface area contributed by atoms with Crippen molar-refractivity contribution in [3.05, 3.63) is 0 Å². The van der Waals surface area contributed by atoms with E-state index >= 15 is 0 Å². The summed E-state index contributed by atoms with van der Waals surface area (Å²) >= 11 is 0. The van der Waals surface area contributed by atoms with E-state index in [0.29, 0.717) is 12.0 Å². The monoisotopic (exact) mass is 255 g/mol. The van der Waals surface area contributed by atoms with E-state index in [0.717, 1.165) is 6.54 Å². The topological polar surface area (TPSA) is 38.7 Å². The fourth-order valence-electron chi connectivity index (χ4n) is 3.32. The number of likely N-dealkylation sites (tertiary alicyclic amines) is 1. The van der Waals surface area contributed by atoms with Crippen LogP contribution in [0.1, 0.15) is 25.7 Å². The Morgan fingerprint density at radius 2 is 1.89 bits per heavy atom. The molecule has 0 bridgehead atoms. The van der Waals surface area contributed by atoms with Gasteiger partial charge in [-0.2, -0.15) is 0 Å². The molecule has 18 heavy (non-hydrogen) atoms. The third-order valence-electron chi connectivity index (χ3n) is 4.98. The number of aliphatic hydroxyl groups is 1. The van der Waals surface area contributed by atoms with Gasteiger partial charge < -0.3 is 20.2 Å². The zero-order valence-electron chi connectivity index (χ0n) is 12.2. The maximum Gasteiger partial charge on any atom is 0.0628 e. The summed E-state index contributed by atoms with van der Waals surface area (Å²) in [5.41, 5.74) is -0.0713. The lowest BCUT2D eigenvalue weighted by atomic mass is 9.92. The van der Waals surface area contributed by atoms with Gasteiger partial charge in [-0.3, -0.25) is 0 Å². The number of piperidine rings is 1. The first-order chi connectivity index (χ1) is 8.61. The lowest BCUT2D eigenvalue weighted by Crippen LogP contribution is -2.58. The number of likely N-dealkylation sites (N-methyl/N-ethyl adjacent to an activating group) is 2. The molecular formula is C14H29N3O. The van der Waals surface area contributed by atoms with Gasteiger partial charge in [0, 0.05) is 12.6 Å². The van der Waals surface area contributed by atoms with E-state index in [1.165, 1.54) is 38.8 Å². The maximum atomic E-state index is 9.78. The van der Waals surface area contributed by atoms with Crippen LogP contribution in [0.2, 0.25) is 0 Å². The number of nitrogens with zero attached hydrogens (tertiary/aromatic N) is 2. The molecule has 0 aromatic heterocycles.